The fourth-order valence-corrected chi connectivity index (χ4v) is 2.60. The summed E-state index contributed by atoms with van der Waals surface area (Å²) in [5, 5.41) is 12.9. The van der Waals surface area contributed by atoms with E-state index in [1.54, 1.807) is 19.3 Å². The summed E-state index contributed by atoms with van der Waals surface area (Å²) in [6.07, 6.45) is 2.46. The Kier molecular flexibility index (Phi) is 5.91. The molecule has 2 rings (SSSR count). The molecule has 0 aliphatic carbocycles. The number of rotatable bonds is 6. The van der Waals surface area contributed by atoms with Gasteiger partial charge in [-0.1, -0.05) is 12.1 Å². The third-order valence-corrected chi connectivity index (χ3v) is 4.11. The number of amides is 1. The predicted molar refractivity (Wildman–Crippen MR) is 83.9 cm³/mol. The summed E-state index contributed by atoms with van der Waals surface area (Å²) in [5.41, 5.74) is 0.566. The van der Waals surface area contributed by atoms with E-state index in [1.807, 2.05) is 12.1 Å². The molecule has 0 aliphatic heterocycles. The molecule has 0 spiro atoms. The number of hydrogen-bond acceptors (Lipinski definition) is 4. The van der Waals surface area contributed by atoms with Crippen LogP contribution in [-0.4, -0.2) is 27.8 Å². The van der Waals surface area contributed by atoms with Gasteiger partial charge < -0.3 is 10.4 Å². The smallest absolute Gasteiger partial charge is 0.230 e. The Balaban J connectivity index is 1.84. The number of thioether (sulfide) groups is 1. The SMILES string of the molecule is C[C@@H](NC(=O)CSc1ccncc1)[C@H](O)c1ccc(F)cc1. The molecule has 4 nitrogen and oxygen atoms in total. The Bertz CT molecular complexity index is 607. The van der Waals surface area contributed by atoms with Crippen molar-refractivity contribution in [1.29, 1.82) is 0 Å². The van der Waals surface area contributed by atoms with Crippen LogP contribution in [0, 0.1) is 5.82 Å². The van der Waals surface area contributed by atoms with Crippen LogP contribution in [0.25, 0.3) is 0 Å². The maximum absolute atomic E-state index is 12.9. The van der Waals surface area contributed by atoms with E-state index in [0.29, 0.717) is 5.56 Å². The van der Waals surface area contributed by atoms with Crippen molar-refractivity contribution in [2.75, 3.05) is 5.75 Å². The fraction of sp³-hybridized carbons (Fsp3) is 0.250. The Labute approximate surface area is 132 Å². The van der Waals surface area contributed by atoms with Gasteiger partial charge in [-0.15, -0.1) is 11.8 Å². The number of aliphatic hydroxyl groups is 1. The second-order valence-corrected chi connectivity index (χ2v) is 5.87. The van der Waals surface area contributed by atoms with E-state index in [-0.39, 0.29) is 17.5 Å². The maximum Gasteiger partial charge on any atom is 0.230 e. The molecule has 2 N–H and O–H groups in total. The van der Waals surface area contributed by atoms with E-state index in [4.69, 9.17) is 0 Å². The lowest BCUT2D eigenvalue weighted by Crippen LogP contribution is -2.38. The molecule has 6 heteroatoms. The van der Waals surface area contributed by atoms with E-state index in [2.05, 4.69) is 10.3 Å². The fourth-order valence-electron chi connectivity index (χ4n) is 1.91. The highest BCUT2D eigenvalue weighted by molar-refractivity contribution is 8.00. The van der Waals surface area contributed by atoms with Gasteiger partial charge in [-0.3, -0.25) is 9.78 Å². The quantitative estimate of drug-likeness (QED) is 0.803. The normalized spacial score (nSPS) is 13.4. The number of nitrogens with zero attached hydrogens (tertiary/aromatic N) is 1. The zero-order chi connectivity index (χ0) is 15.9. The molecule has 116 valence electrons. The number of pyridine rings is 1. The van der Waals surface area contributed by atoms with Crippen LogP contribution in [0.4, 0.5) is 4.39 Å². The molecule has 0 saturated carbocycles. The van der Waals surface area contributed by atoms with Gasteiger partial charge in [-0.05, 0) is 36.8 Å². The Morgan fingerprint density at radius 1 is 1.27 bits per heavy atom. The lowest BCUT2D eigenvalue weighted by Gasteiger charge is -2.20. The molecule has 1 aromatic carbocycles. The minimum Gasteiger partial charge on any atom is -0.386 e. The van der Waals surface area contributed by atoms with Crippen LogP contribution in [0.1, 0.15) is 18.6 Å². The highest BCUT2D eigenvalue weighted by atomic mass is 32.2. The second kappa shape index (κ2) is 7.91. The highest BCUT2D eigenvalue weighted by Gasteiger charge is 2.18. The molecule has 0 fully saturated rings. The van der Waals surface area contributed by atoms with Crippen LogP contribution in [0.3, 0.4) is 0 Å². The minimum atomic E-state index is -0.879. The molecule has 0 radical (unpaired) electrons. The van der Waals surface area contributed by atoms with Crippen LogP contribution < -0.4 is 5.32 Å². The van der Waals surface area contributed by atoms with Crippen LogP contribution in [0.15, 0.2) is 53.7 Å². The molecule has 22 heavy (non-hydrogen) atoms. The number of aromatic nitrogens is 1. The number of benzene rings is 1. The van der Waals surface area contributed by atoms with E-state index in [1.165, 1.54) is 36.0 Å². The van der Waals surface area contributed by atoms with Gasteiger partial charge in [0.1, 0.15) is 5.82 Å². The van der Waals surface area contributed by atoms with Gasteiger partial charge in [0, 0.05) is 17.3 Å². The molecule has 0 aliphatic rings. The molecule has 0 unspecified atom stereocenters. The van der Waals surface area contributed by atoms with Crippen LogP contribution >= 0.6 is 11.8 Å². The summed E-state index contributed by atoms with van der Waals surface area (Å²) < 4.78 is 12.9. The monoisotopic (exact) mass is 320 g/mol. The largest absolute Gasteiger partial charge is 0.386 e. The summed E-state index contributed by atoms with van der Waals surface area (Å²) in [6.45, 7) is 1.71. The molecular weight excluding hydrogens is 303 g/mol. The molecule has 1 amide bonds. The van der Waals surface area contributed by atoms with Gasteiger partial charge in [0.2, 0.25) is 5.91 Å². The first-order valence-electron chi connectivity index (χ1n) is 6.82. The van der Waals surface area contributed by atoms with Crippen LogP contribution in [0.5, 0.6) is 0 Å². The molecular formula is C16H17FN2O2S. The van der Waals surface area contributed by atoms with E-state index in [9.17, 15) is 14.3 Å². The summed E-state index contributed by atoms with van der Waals surface area (Å²) in [4.78, 5) is 16.8. The lowest BCUT2D eigenvalue weighted by atomic mass is 10.0. The zero-order valence-corrected chi connectivity index (χ0v) is 12.9. The minimum absolute atomic E-state index is 0.171. The first-order chi connectivity index (χ1) is 10.6. The maximum atomic E-state index is 12.9. The molecule has 1 heterocycles. The second-order valence-electron chi connectivity index (χ2n) is 4.82. The van der Waals surface area contributed by atoms with Gasteiger partial charge in [0.15, 0.2) is 0 Å². The molecule has 0 saturated heterocycles. The van der Waals surface area contributed by atoms with Crippen LogP contribution in [0.2, 0.25) is 0 Å². The average molecular weight is 320 g/mol. The van der Waals surface area contributed by atoms with E-state index >= 15 is 0 Å². The number of carbonyl (C=O) groups excluding carboxylic acids is 1. The third kappa shape index (κ3) is 4.82. The van der Waals surface area contributed by atoms with E-state index in [0.717, 1.165) is 4.90 Å². The average Bonchev–Trinajstić information content (AvgIpc) is 2.54. The van der Waals surface area contributed by atoms with Crippen molar-refractivity contribution in [3.63, 3.8) is 0 Å². The van der Waals surface area contributed by atoms with Crippen molar-refractivity contribution in [3.05, 3.63) is 60.2 Å². The number of nitrogens with one attached hydrogen (secondary N) is 1. The van der Waals surface area contributed by atoms with Gasteiger partial charge in [-0.25, -0.2) is 4.39 Å². The third-order valence-electron chi connectivity index (χ3n) is 3.09. The Morgan fingerprint density at radius 2 is 1.91 bits per heavy atom. The molecule has 2 aromatic rings. The molecule has 0 bridgehead atoms. The number of hydrogen-bond donors (Lipinski definition) is 2. The number of aliphatic hydroxyl groups excluding tert-OH is 1. The van der Waals surface area contributed by atoms with Crippen LogP contribution in [-0.2, 0) is 4.79 Å². The summed E-state index contributed by atoms with van der Waals surface area (Å²) in [6, 6.07) is 8.78. The zero-order valence-electron chi connectivity index (χ0n) is 12.1. The molecule has 2 atom stereocenters. The van der Waals surface area contributed by atoms with Gasteiger partial charge in [0.05, 0.1) is 17.9 Å². The van der Waals surface area contributed by atoms with Crippen molar-refractivity contribution in [1.82, 2.24) is 10.3 Å². The number of carbonyl (C=O) groups is 1. The Morgan fingerprint density at radius 3 is 2.55 bits per heavy atom. The molecule has 1 aromatic heterocycles. The van der Waals surface area contributed by atoms with Gasteiger partial charge in [0.25, 0.3) is 0 Å². The standard InChI is InChI=1S/C16H17FN2O2S/c1-11(16(21)12-2-4-13(17)5-3-12)19-15(20)10-22-14-6-8-18-9-7-14/h2-9,11,16,21H,10H2,1H3,(H,19,20)/t11-,16+/m1/s1. The lowest BCUT2D eigenvalue weighted by molar-refractivity contribution is -0.119. The van der Waals surface area contributed by atoms with Crippen molar-refractivity contribution in [2.24, 2.45) is 0 Å². The highest BCUT2D eigenvalue weighted by Crippen LogP contribution is 2.18. The Hall–Kier alpha value is -1.92. The summed E-state index contributed by atoms with van der Waals surface area (Å²) >= 11 is 1.40. The van der Waals surface area contributed by atoms with Gasteiger partial charge >= 0.3 is 0 Å². The summed E-state index contributed by atoms with van der Waals surface area (Å²) in [5.74, 6) is -0.276. The van der Waals surface area contributed by atoms with Crippen molar-refractivity contribution in [2.45, 2.75) is 24.0 Å². The first-order valence-corrected chi connectivity index (χ1v) is 7.80. The predicted octanol–water partition coefficient (Wildman–Crippen LogP) is 2.55. The number of halogens is 1. The first kappa shape index (κ1) is 16.5. The summed E-state index contributed by atoms with van der Waals surface area (Å²) in [7, 11) is 0. The van der Waals surface area contributed by atoms with Crippen molar-refractivity contribution in [3.8, 4) is 0 Å². The van der Waals surface area contributed by atoms with Crippen molar-refractivity contribution < 1.29 is 14.3 Å². The van der Waals surface area contributed by atoms with Gasteiger partial charge in [-0.2, -0.15) is 0 Å². The van der Waals surface area contributed by atoms with E-state index < -0.39 is 12.1 Å². The van der Waals surface area contributed by atoms with Crippen molar-refractivity contribution >= 4 is 17.7 Å². The topological polar surface area (TPSA) is 62.2 Å².